The number of nitrogens with one attached hydrogen (secondary N) is 1. The first-order valence-electron chi connectivity index (χ1n) is 7.01. The molecule has 1 fully saturated rings. The normalized spacial score (nSPS) is 19.4. The minimum Gasteiger partial charge on any atom is -0.366 e. The van der Waals surface area contributed by atoms with Crippen LogP contribution in [0, 0.1) is 13.8 Å². The Hall–Kier alpha value is -1.46. The molecule has 4 nitrogen and oxygen atoms in total. The molecule has 3 heterocycles. The van der Waals surface area contributed by atoms with Crippen molar-refractivity contribution in [1.82, 2.24) is 14.9 Å². The highest BCUT2D eigenvalue weighted by molar-refractivity contribution is 7.10. The van der Waals surface area contributed by atoms with E-state index >= 15 is 0 Å². The number of likely N-dealkylation sites (tertiary alicyclic amines) is 1. The molecule has 0 aromatic carbocycles. The number of anilines is 1. The molecule has 1 unspecified atom stereocenters. The Labute approximate surface area is 123 Å². The molecule has 106 valence electrons. The molecule has 1 aliphatic rings. The maximum absolute atomic E-state index is 4.28. The van der Waals surface area contributed by atoms with Gasteiger partial charge in [-0.3, -0.25) is 4.90 Å². The molecule has 5 heteroatoms. The molecule has 1 N–H and O–H groups in total. The molecule has 2 aromatic rings. The molecule has 0 radical (unpaired) electrons. The maximum Gasteiger partial charge on any atom is 0.129 e. The zero-order valence-corrected chi connectivity index (χ0v) is 12.8. The molecular weight excluding hydrogens is 268 g/mol. The number of aromatic nitrogens is 2. The van der Waals surface area contributed by atoms with Crippen molar-refractivity contribution in [3.63, 3.8) is 0 Å². The summed E-state index contributed by atoms with van der Waals surface area (Å²) in [6.45, 7) is 7.50. The second kappa shape index (κ2) is 5.89. The van der Waals surface area contributed by atoms with Crippen molar-refractivity contribution in [2.75, 3.05) is 18.4 Å². The maximum atomic E-state index is 4.28. The van der Waals surface area contributed by atoms with E-state index in [0.717, 1.165) is 31.1 Å². The van der Waals surface area contributed by atoms with E-state index in [4.69, 9.17) is 0 Å². The van der Waals surface area contributed by atoms with E-state index in [0.29, 0.717) is 6.04 Å². The fourth-order valence-electron chi connectivity index (χ4n) is 2.61. The second-order valence-electron chi connectivity index (χ2n) is 5.44. The van der Waals surface area contributed by atoms with Gasteiger partial charge in [0.05, 0.1) is 0 Å². The fraction of sp³-hybridized carbons (Fsp3) is 0.467. The van der Waals surface area contributed by atoms with Crippen LogP contribution in [0.2, 0.25) is 0 Å². The average molecular weight is 288 g/mol. The summed E-state index contributed by atoms with van der Waals surface area (Å²) in [5.74, 6) is 0.941. The van der Waals surface area contributed by atoms with Gasteiger partial charge in [0.2, 0.25) is 0 Å². The summed E-state index contributed by atoms with van der Waals surface area (Å²) in [6.07, 6.45) is 2.80. The van der Waals surface area contributed by atoms with E-state index in [1.54, 1.807) is 6.33 Å². The number of hydrogen-bond donors (Lipinski definition) is 1. The Morgan fingerprint density at radius 2 is 2.30 bits per heavy atom. The molecule has 1 atom stereocenters. The van der Waals surface area contributed by atoms with Gasteiger partial charge in [0, 0.05) is 42.3 Å². The van der Waals surface area contributed by atoms with Crippen LogP contribution in [-0.2, 0) is 6.54 Å². The van der Waals surface area contributed by atoms with Gasteiger partial charge in [-0.2, -0.15) is 0 Å². The summed E-state index contributed by atoms with van der Waals surface area (Å²) in [5.41, 5.74) is 2.42. The van der Waals surface area contributed by atoms with Crippen LogP contribution in [0.15, 0.2) is 23.8 Å². The molecule has 20 heavy (non-hydrogen) atoms. The van der Waals surface area contributed by atoms with Crippen molar-refractivity contribution in [2.24, 2.45) is 0 Å². The molecule has 1 aliphatic heterocycles. The molecule has 0 aliphatic carbocycles. The highest BCUT2D eigenvalue weighted by Gasteiger charge is 2.23. The number of nitrogens with zero attached hydrogens (tertiary/aromatic N) is 3. The van der Waals surface area contributed by atoms with Crippen molar-refractivity contribution >= 4 is 17.2 Å². The van der Waals surface area contributed by atoms with E-state index in [9.17, 15) is 0 Å². The predicted octanol–water partition coefficient (Wildman–Crippen LogP) is 2.84. The summed E-state index contributed by atoms with van der Waals surface area (Å²) in [7, 11) is 0. The molecule has 0 amide bonds. The fourth-order valence-corrected chi connectivity index (χ4v) is 3.55. The van der Waals surface area contributed by atoms with Gasteiger partial charge in [0.25, 0.3) is 0 Å². The van der Waals surface area contributed by atoms with E-state index in [-0.39, 0.29) is 0 Å². The minimum absolute atomic E-state index is 0.490. The Balaban J connectivity index is 1.56. The summed E-state index contributed by atoms with van der Waals surface area (Å²) in [5, 5.41) is 5.70. The van der Waals surface area contributed by atoms with Gasteiger partial charge in [-0.25, -0.2) is 9.97 Å². The van der Waals surface area contributed by atoms with Gasteiger partial charge in [0.1, 0.15) is 12.1 Å². The van der Waals surface area contributed by atoms with Crippen LogP contribution in [0.4, 0.5) is 5.82 Å². The van der Waals surface area contributed by atoms with Crippen LogP contribution in [0.25, 0.3) is 0 Å². The summed E-state index contributed by atoms with van der Waals surface area (Å²) in [4.78, 5) is 12.4. The highest BCUT2D eigenvalue weighted by atomic mass is 32.1. The largest absolute Gasteiger partial charge is 0.366 e. The third kappa shape index (κ3) is 3.16. The van der Waals surface area contributed by atoms with E-state index in [1.165, 1.54) is 16.9 Å². The summed E-state index contributed by atoms with van der Waals surface area (Å²) >= 11 is 1.86. The number of thiophene rings is 1. The number of hydrogen-bond acceptors (Lipinski definition) is 5. The zero-order valence-electron chi connectivity index (χ0n) is 12.0. The Bertz CT molecular complexity index is 581. The van der Waals surface area contributed by atoms with Crippen molar-refractivity contribution in [1.29, 1.82) is 0 Å². The van der Waals surface area contributed by atoms with Crippen LogP contribution < -0.4 is 5.32 Å². The van der Waals surface area contributed by atoms with E-state index < -0.39 is 0 Å². The van der Waals surface area contributed by atoms with Crippen molar-refractivity contribution < 1.29 is 0 Å². The molecule has 0 spiro atoms. The first kappa shape index (κ1) is 13.5. The van der Waals surface area contributed by atoms with E-state index in [1.807, 2.05) is 24.3 Å². The molecule has 1 saturated heterocycles. The third-order valence-electron chi connectivity index (χ3n) is 3.76. The van der Waals surface area contributed by atoms with Crippen molar-refractivity contribution in [3.05, 3.63) is 40.0 Å². The van der Waals surface area contributed by atoms with E-state index in [2.05, 4.69) is 38.6 Å². The highest BCUT2D eigenvalue weighted by Crippen LogP contribution is 2.21. The van der Waals surface area contributed by atoms with Crippen molar-refractivity contribution in [3.8, 4) is 0 Å². The average Bonchev–Trinajstić information content (AvgIpc) is 3.01. The summed E-state index contributed by atoms with van der Waals surface area (Å²) in [6, 6.07) is 4.70. The Kier molecular flexibility index (Phi) is 3.98. The lowest BCUT2D eigenvalue weighted by atomic mass is 10.2. The lowest BCUT2D eigenvalue weighted by Gasteiger charge is -2.16. The Morgan fingerprint density at radius 3 is 3.05 bits per heavy atom. The quantitative estimate of drug-likeness (QED) is 0.939. The Morgan fingerprint density at radius 1 is 1.40 bits per heavy atom. The van der Waals surface area contributed by atoms with Gasteiger partial charge in [-0.15, -0.1) is 11.3 Å². The van der Waals surface area contributed by atoms with Gasteiger partial charge in [-0.05, 0) is 37.3 Å². The molecular formula is C15H20N4S. The topological polar surface area (TPSA) is 41.0 Å². The first-order valence-corrected chi connectivity index (χ1v) is 7.89. The van der Waals surface area contributed by atoms with Gasteiger partial charge in [-0.1, -0.05) is 0 Å². The predicted molar refractivity (Wildman–Crippen MR) is 83.1 cm³/mol. The van der Waals surface area contributed by atoms with Crippen molar-refractivity contribution in [2.45, 2.75) is 32.9 Å². The molecule has 3 rings (SSSR count). The number of aryl methyl sites for hydroxylation is 2. The van der Waals surface area contributed by atoms with Crippen LogP contribution >= 0.6 is 11.3 Å². The minimum atomic E-state index is 0.490. The zero-order chi connectivity index (χ0) is 13.9. The van der Waals surface area contributed by atoms with Crippen LogP contribution in [-0.4, -0.2) is 34.0 Å². The lowest BCUT2D eigenvalue weighted by Crippen LogP contribution is -2.26. The monoisotopic (exact) mass is 288 g/mol. The third-order valence-corrected chi connectivity index (χ3v) is 4.77. The molecule has 0 bridgehead atoms. The van der Waals surface area contributed by atoms with Crippen LogP contribution in [0.5, 0.6) is 0 Å². The van der Waals surface area contributed by atoms with Crippen LogP contribution in [0.1, 0.15) is 22.6 Å². The second-order valence-corrected chi connectivity index (χ2v) is 6.44. The number of rotatable bonds is 4. The lowest BCUT2D eigenvalue weighted by molar-refractivity contribution is 0.331. The van der Waals surface area contributed by atoms with Gasteiger partial charge in [0.15, 0.2) is 0 Å². The van der Waals surface area contributed by atoms with Gasteiger partial charge >= 0.3 is 0 Å². The van der Waals surface area contributed by atoms with Crippen LogP contribution in [0.3, 0.4) is 0 Å². The van der Waals surface area contributed by atoms with Gasteiger partial charge < -0.3 is 5.32 Å². The summed E-state index contributed by atoms with van der Waals surface area (Å²) < 4.78 is 0. The molecule has 2 aromatic heterocycles. The smallest absolute Gasteiger partial charge is 0.129 e. The molecule has 0 saturated carbocycles. The first-order chi connectivity index (χ1) is 9.70. The standard InChI is InChI=1S/C15H20N4S/c1-11-4-6-20-14(11)9-19-5-3-13(8-19)18-15-7-12(2)16-10-17-15/h4,6-7,10,13H,3,5,8-9H2,1-2H3,(H,16,17,18). The SMILES string of the molecule is Cc1cc(NC2CCN(Cc3sccc3C)C2)ncn1.